The summed E-state index contributed by atoms with van der Waals surface area (Å²) in [4.78, 5) is 2.47. The number of phenols is 1. The summed E-state index contributed by atoms with van der Waals surface area (Å²) in [5.74, 6) is 1.16. The average Bonchev–Trinajstić information content (AvgIpc) is 2.86. The van der Waals surface area contributed by atoms with Crippen molar-refractivity contribution < 1.29 is 9.84 Å². The van der Waals surface area contributed by atoms with Crippen LogP contribution in [0, 0.1) is 0 Å². The maximum atomic E-state index is 10.3. The van der Waals surface area contributed by atoms with Gasteiger partial charge in [-0.3, -0.25) is 0 Å². The summed E-state index contributed by atoms with van der Waals surface area (Å²) < 4.78 is 5.30. The van der Waals surface area contributed by atoms with Crippen LogP contribution in [0.2, 0.25) is 0 Å². The molecule has 3 nitrogen and oxygen atoms in total. The van der Waals surface area contributed by atoms with Gasteiger partial charge >= 0.3 is 0 Å². The minimum Gasteiger partial charge on any atom is -0.504 e. The van der Waals surface area contributed by atoms with Crippen molar-refractivity contribution in [2.45, 2.75) is 24.8 Å². The number of hydrogen-bond donors (Lipinski definition) is 1. The molecule has 2 aliphatic rings. The molecular weight excluding hydrogens is 274 g/mol. The minimum absolute atomic E-state index is 0.244. The van der Waals surface area contributed by atoms with Crippen LogP contribution in [0.4, 0.5) is 0 Å². The van der Waals surface area contributed by atoms with E-state index in [-0.39, 0.29) is 5.75 Å². The summed E-state index contributed by atoms with van der Waals surface area (Å²) in [6.45, 7) is 1.04. The first-order valence-corrected chi connectivity index (χ1v) is 7.87. The number of likely N-dealkylation sites (N-methyl/N-ethyl adjacent to an activating group) is 1. The third kappa shape index (κ3) is 1.92. The van der Waals surface area contributed by atoms with E-state index in [9.17, 15) is 5.11 Å². The standard InChI is InChI=1S/C19H21NO2/c1-20-8-7-13-10-18(22-2)17(21)11-15(13)19-14-6-4-3-5-12(14)9-16(19)20/h3-6,10-11,16,19,21H,7-9H2,1-2H3. The number of benzene rings is 2. The van der Waals surface area contributed by atoms with Crippen LogP contribution in [0.25, 0.3) is 0 Å². The fourth-order valence-electron chi connectivity index (χ4n) is 4.12. The van der Waals surface area contributed by atoms with Crippen LogP contribution >= 0.6 is 0 Å². The Morgan fingerprint density at radius 2 is 1.95 bits per heavy atom. The van der Waals surface area contributed by atoms with Gasteiger partial charge in [0.1, 0.15) is 0 Å². The van der Waals surface area contributed by atoms with E-state index in [0.29, 0.717) is 17.7 Å². The summed E-state index contributed by atoms with van der Waals surface area (Å²) in [6, 6.07) is 13.1. The van der Waals surface area contributed by atoms with Gasteiger partial charge in [0.25, 0.3) is 0 Å². The molecule has 2 aromatic carbocycles. The molecule has 0 fully saturated rings. The molecule has 0 saturated heterocycles. The molecule has 2 aromatic rings. The van der Waals surface area contributed by atoms with Crippen LogP contribution in [-0.2, 0) is 12.8 Å². The molecule has 2 atom stereocenters. The molecule has 4 rings (SSSR count). The normalized spacial score (nSPS) is 23.4. The fourth-order valence-corrected chi connectivity index (χ4v) is 4.12. The smallest absolute Gasteiger partial charge is 0.160 e. The third-order valence-corrected chi connectivity index (χ3v) is 5.28. The summed E-state index contributed by atoms with van der Waals surface area (Å²) in [5, 5.41) is 10.3. The van der Waals surface area contributed by atoms with Gasteiger partial charge in [-0.25, -0.2) is 0 Å². The van der Waals surface area contributed by atoms with E-state index >= 15 is 0 Å². The Hall–Kier alpha value is -2.00. The lowest BCUT2D eigenvalue weighted by molar-refractivity contribution is 0.244. The van der Waals surface area contributed by atoms with E-state index in [1.54, 1.807) is 7.11 Å². The Morgan fingerprint density at radius 1 is 1.14 bits per heavy atom. The summed E-state index contributed by atoms with van der Waals surface area (Å²) in [6.07, 6.45) is 2.08. The van der Waals surface area contributed by atoms with Gasteiger partial charge in [0.2, 0.25) is 0 Å². The molecule has 0 aromatic heterocycles. The Bertz CT molecular complexity index is 725. The molecule has 114 valence electrons. The van der Waals surface area contributed by atoms with Gasteiger partial charge in [0.05, 0.1) is 7.11 Å². The van der Waals surface area contributed by atoms with E-state index in [1.807, 2.05) is 12.1 Å². The van der Waals surface area contributed by atoms with Crippen molar-refractivity contribution in [3.63, 3.8) is 0 Å². The van der Waals surface area contributed by atoms with Crippen molar-refractivity contribution in [3.8, 4) is 11.5 Å². The van der Waals surface area contributed by atoms with E-state index < -0.39 is 0 Å². The van der Waals surface area contributed by atoms with Crippen LogP contribution in [-0.4, -0.2) is 36.8 Å². The van der Waals surface area contributed by atoms with Crippen LogP contribution in [0.1, 0.15) is 28.2 Å². The molecule has 1 heterocycles. The highest BCUT2D eigenvalue weighted by Gasteiger charge is 2.38. The van der Waals surface area contributed by atoms with Gasteiger partial charge in [0, 0.05) is 18.5 Å². The fraction of sp³-hybridized carbons (Fsp3) is 0.368. The van der Waals surface area contributed by atoms with Crippen molar-refractivity contribution in [1.29, 1.82) is 0 Å². The summed E-state index contributed by atoms with van der Waals surface area (Å²) >= 11 is 0. The van der Waals surface area contributed by atoms with E-state index in [2.05, 4.69) is 36.2 Å². The first kappa shape index (κ1) is 13.6. The van der Waals surface area contributed by atoms with Crippen LogP contribution in [0.3, 0.4) is 0 Å². The molecule has 0 amide bonds. The van der Waals surface area contributed by atoms with E-state index in [0.717, 1.165) is 19.4 Å². The van der Waals surface area contributed by atoms with E-state index in [1.165, 1.54) is 22.3 Å². The summed E-state index contributed by atoms with van der Waals surface area (Å²) in [5.41, 5.74) is 5.41. The first-order valence-electron chi connectivity index (χ1n) is 7.87. The second-order valence-corrected chi connectivity index (χ2v) is 6.40. The Kier molecular flexibility index (Phi) is 3.12. The maximum absolute atomic E-state index is 10.3. The average molecular weight is 295 g/mol. The van der Waals surface area contributed by atoms with Crippen molar-refractivity contribution in [1.82, 2.24) is 4.90 Å². The number of ether oxygens (including phenoxy) is 1. The first-order chi connectivity index (χ1) is 10.7. The molecule has 3 heteroatoms. The van der Waals surface area contributed by atoms with Crippen LogP contribution in [0.15, 0.2) is 36.4 Å². The lowest BCUT2D eigenvalue weighted by atomic mass is 9.87. The number of nitrogens with zero attached hydrogens (tertiary/aromatic N) is 1. The van der Waals surface area contributed by atoms with Crippen LogP contribution in [0.5, 0.6) is 11.5 Å². The van der Waals surface area contributed by atoms with Crippen molar-refractivity contribution in [2.75, 3.05) is 20.7 Å². The van der Waals surface area contributed by atoms with Gasteiger partial charge in [0.15, 0.2) is 11.5 Å². The van der Waals surface area contributed by atoms with E-state index in [4.69, 9.17) is 4.74 Å². The monoisotopic (exact) mass is 295 g/mol. The quantitative estimate of drug-likeness (QED) is 0.878. The highest BCUT2D eigenvalue weighted by atomic mass is 16.5. The number of aromatic hydroxyl groups is 1. The van der Waals surface area contributed by atoms with Crippen LogP contribution < -0.4 is 4.74 Å². The highest BCUT2D eigenvalue weighted by molar-refractivity contribution is 5.54. The zero-order valence-electron chi connectivity index (χ0n) is 13.0. The lowest BCUT2D eigenvalue weighted by Gasteiger charge is -2.27. The molecule has 1 N–H and O–H groups in total. The molecule has 1 aliphatic carbocycles. The maximum Gasteiger partial charge on any atom is 0.160 e. The molecule has 0 saturated carbocycles. The zero-order valence-corrected chi connectivity index (χ0v) is 13.0. The Balaban J connectivity index is 1.92. The molecular formula is C19H21NO2. The van der Waals surface area contributed by atoms with Gasteiger partial charge in [-0.2, -0.15) is 0 Å². The largest absolute Gasteiger partial charge is 0.504 e. The number of rotatable bonds is 1. The number of methoxy groups -OCH3 is 1. The van der Waals surface area contributed by atoms with Gasteiger partial charge in [-0.15, -0.1) is 0 Å². The van der Waals surface area contributed by atoms with Gasteiger partial charge < -0.3 is 14.7 Å². The molecule has 1 aliphatic heterocycles. The topological polar surface area (TPSA) is 32.7 Å². The van der Waals surface area contributed by atoms with Crippen molar-refractivity contribution in [2.24, 2.45) is 0 Å². The number of fused-ring (bicyclic) bond motifs is 5. The molecule has 0 radical (unpaired) electrons. The van der Waals surface area contributed by atoms with Crippen molar-refractivity contribution in [3.05, 3.63) is 58.7 Å². The second kappa shape index (κ2) is 5.03. The van der Waals surface area contributed by atoms with Crippen molar-refractivity contribution >= 4 is 0 Å². The molecule has 0 spiro atoms. The third-order valence-electron chi connectivity index (χ3n) is 5.28. The lowest BCUT2D eigenvalue weighted by Crippen LogP contribution is -2.34. The number of phenolic OH excluding ortho intramolecular Hbond substituents is 1. The molecule has 2 unspecified atom stereocenters. The Morgan fingerprint density at radius 3 is 2.77 bits per heavy atom. The predicted octanol–water partition coefficient (Wildman–Crippen LogP) is 2.95. The minimum atomic E-state index is 0.244. The molecule has 22 heavy (non-hydrogen) atoms. The number of hydrogen-bond acceptors (Lipinski definition) is 3. The van der Waals surface area contributed by atoms with Gasteiger partial charge in [-0.1, -0.05) is 24.3 Å². The zero-order chi connectivity index (χ0) is 15.3. The SMILES string of the molecule is COc1cc2c(cc1O)C1c3ccccc3CC1N(C)CC2. The van der Waals surface area contributed by atoms with Gasteiger partial charge in [-0.05, 0) is 54.3 Å². The Labute approximate surface area is 131 Å². The second-order valence-electron chi connectivity index (χ2n) is 6.40. The predicted molar refractivity (Wildman–Crippen MR) is 86.8 cm³/mol. The molecule has 0 bridgehead atoms. The highest BCUT2D eigenvalue weighted by Crippen LogP contribution is 2.45. The summed E-state index contributed by atoms with van der Waals surface area (Å²) in [7, 11) is 3.82.